The zero-order chi connectivity index (χ0) is 18.2. The summed E-state index contributed by atoms with van der Waals surface area (Å²) in [6.45, 7) is 5.83. The predicted octanol–water partition coefficient (Wildman–Crippen LogP) is 3.10. The van der Waals surface area contributed by atoms with Gasteiger partial charge < -0.3 is 5.11 Å². The van der Waals surface area contributed by atoms with Crippen molar-refractivity contribution in [3.63, 3.8) is 0 Å². The first-order valence-corrected chi connectivity index (χ1v) is 9.91. The minimum atomic E-state index is -1.25. The smallest absolute Gasteiger partial charge is 0.161 e. The molecule has 0 heterocycles. The highest BCUT2D eigenvalue weighted by Gasteiger charge is 2.64. The number of Topliss-reactive ketones (excluding diaryl/α,β-unsaturated/α-hetero) is 3. The van der Waals surface area contributed by atoms with Gasteiger partial charge in [-0.15, -0.1) is 0 Å². The maximum Gasteiger partial charge on any atom is 0.161 e. The molecular weight excluding hydrogens is 316 g/mol. The van der Waals surface area contributed by atoms with E-state index in [1.165, 1.54) is 6.92 Å². The quantitative estimate of drug-likeness (QED) is 0.792. The van der Waals surface area contributed by atoms with E-state index in [9.17, 15) is 19.5 Å². The molecule has 0 radical (unpaired) electrons. The summed E-state index contributed by atoms with van der Waals surface area (Å²) in [7, 11) is 0. The zero-order valence-electron chi connectivity index (χ0n) is 15.6. The van der Waals surface area contributed by atoms with Gasteiger partial charge in [0.1, 0.15) is 17.2 Å². The molecule has 0 unspecified atom stereocenters. The molecule has 4 rings (SSSR count). The Labute approximate surface area is 149 Å². The maximum atomic E-state index is 13.1. The number of carbonyl (C=O) groups is 3. The van der Waals surface area contributed by atoms with Crippen molar-refractivity contribution in [2.75, 3.05) is 0 Å². The van der Waals surface area contributed by atoms with Crippen LogP contribution >= 0.6 is 0 Å². The fourth-order valence-electron chi connectivity index (χ4n) is 7.02. The Hall–Kier alpha value is -1.03. The lowest BCUT2D eigenvalue weighted by atomic mass is 9.44. The van der Waals surface area contributed by atoms with Gasteiger partial charge in [0, 0.05) is 24.2 Å². The van der Waals surface area contributed by atoms with Crippen LogP contribution in [0.5, 0.6) is 0 Å². The summed E-state index contributed by atoms with van der Waals surface area (Å²) in [5, 5.41) is 10.7. The second-order valence-corrected chi connectivity index (χ2v) is 9.82. The highest BCUT2D eigenvalue weighted by Crippen LogP contribution is 2.65. The van der Waals surface area contributed by atoms with E-state index in [0.717, 1.165) is 25.7 Å². The number of fused-ring (bicyclic) bond motifs is 5. The van der Waals surface area contributed by atoms with Gasteiger partial charge in [-0.3, -0.25) is 14.4 Å². The molecule has 4 nitrogen and oxygen atoms in total. The van der Waals surface area contributed by atoms with Gasteiger partial charge in [0.15, 0.2) is 5.78 Å². The van der Waals surface area contributed by atoms with E-state index in [1.54, 1.807) is 0 Å². The highest BCUT2D eigenvalue weighted by molar-refractivity contribution is 5.91. The SMILES string of the molecule is CC(=O)[C@@]1(O)CC[C@@]2(C)[C@@H](CC(=O)[C@@H]3[C@H]2CC[C@]2(C)C(=O)CC[C@H]32)C1. The van der Waals surface area contributed by atoms with Crippen LogP contribution in [0, 0.1) is 34.5 Å². The molecule has 4 fully saturated rings. The van der Waals surface area contributed by atoms with Gasteiger partial charge in [0.05, 0.1) is 0 Å². The zero-order valence-corrected chi connectivity index (χ0v) is 15.6. The van der Waals surface area contributed by atoms with Crippen LogP contribution in [0.4, 0.5) is 0 Å². The number of carbonyl (C=O) groups excluding carboxylic acids is 3. The molecule has 4 saturated carbocycles. The lowest BCUT2D eigenvalue weighted by Gasteiger charge is -2.60. The molecule has 0 amide bonds. The van der Waals surface area contributed by atoms with Crippen molar-refractivity contribution in [3.8, 4) is 0 Å². The van der Waals surface area contributed by atoms with Crippen molar-refractivity contribution in [2.45, 2.75) is 77.7 Å². The highest BCUT2D eigenvalue weighted by atomic mass is 16.3. The minimum Gasteiger partial charge on any atom is -0.382 e. The molecule has 138 valence electrons. The van der Waals surface area contributed by atoms with Gasteiger partial charge in [-0.1, -0.05) is 13.8 Å². The fraction of sp³-hybridized carbons (Fsp3) is 0.857. The molecule has 0 aliphatic heterocycles. The molecule has 4 heteroatoms. The first-order chi connectivity index (χ1) is 11.6. The summed E-state index contributed by atoms with van der Waals surface area (Å²) in [5.74, 6) is 1.08. The second-order valence-electron chi connectivity index (χ2n) is 9.82. The Balaban J connectivity index is 1.67. The predicted molar refractivity (Wildman–Crippen MR) is 92.8 cm³/mol. The Bertz CT molecular complexity index is 654. The number of rotatable bonds is 1. The van der Waals surface area contributed by atoms with Gasteiger partial charge in [0.2, 0.25) is 0 Å². The normalized spacial score (nSPS) is 52.3. The molecule has 0 bridgehead atoms. The topological polar surface area (TPSA) is 71.4 Å². The van der Waals surface area contributed by atoms with Crippen LogP contribution in [0.1, 0.15) is 72.1 Å². The van der Waals surface area contributed by atoms with Crippen LogP contribution in [0.3, 0.4) is 0 Å². The van der Waals surface area contributed by atoms with Crippen molar-refractivity contribution in [2.24, 2.45) is 34.5 Å². The van der Waals surface area contributed by atoms with Crippen molar-refractivity contribution >= 4 is 17.3 Å². The molecule has 25 heavy (non-hydrogen) atoms. The monoisotopic (exact) mass is 346 g/mol. The number of ketones is 3. The van der Waals surface area contributed by atoms with Crippen molar-refractivity contribution < 1.29 is 19.5 Å². The van der Waals surface area contributed by atoms with Gasteiger partial charge in [-0.25, -0.2) is 0 Å². The van der Waals surface area contributed by atoms with Crippen molar-refractivity contribution in [3.05, 3.63) is 0 Å². The molecule has 0 saturated heterocycles. The summed E-state index contributed by atoms with van der Waals surface area (Å²) in [5.41, 5.74) is -1.54. The summed E-state index contributed by atoms with van der Waals surface area (Å²) in [6.07, 6.45) is 5.52. The van der Waals surface area contributed by atoms with Crippen LogP contribution in [0.15, 0.2) is 0 Å². The van der Waals surface area contributed by atoms with Crippen LogP contribution in [-0.2, 0) is 14.4 Å². The average molecular weight is 346 g/mol. The Morgan fingerprint density at radius 1 is 1.08 bits per heavy atom. The van der Waals surface area contributed by atoms with E-state index >= 15 is 0 Å². The second kappa shape index (κ2) is 5.25. The maximum absolute atomic E-state index is 13.1. The lowest BCUT2D eigenvalue weighted by Crippen LogP contribution is -2.59. The van der Waals surface area contributed by atoms with Gasteiger partial charge >= 0.3 is 0 Å². The fourth-order valence-corrected chi connectivity index (χ4v) is 7.02. The van der Waals surface area contributed by atoms with E-state index in [2.05, 4.69) is 13.8 Å². The van der Waals surface area contributed by atoms with E-state index < -0.39 is 5.60 Å². The number of hydrogen-bond acceptors (Lipinski definition) is 4. The van der Waals surface area contributed by atoms with Crippen LogP contribution in [0.2, 0.25) is 0 Å². The third-order valence-electron chi connectivity index (χ3n) is 8.90. The largest absolute Gasteiger partial charge is 0.382 e. The van der Waals surface area contributed by atoms with Gasteiger partial charge in [-0.05, 0) is 68.6 Å². The molecule has 0 aromatic carbocycles. The molecule has 4 aliphatic rings. The Kier molecular flexibility index (Phi) is 3.65. The molecule has 0 spiro atoms. The molecular formula is C21H30O4. The first kappa shape index (κ1) is 17.4. The molecule has 4 aliphatic carbocycles. The van der Waals surface area contributed by atoms with Crippen LogP contribution in [-0.4, -0.2) is 28.1 Å². The van der Waals surface area contributed by atoms with E-state index in [0.29, 0.717) is 37.4 Å². The van der Waals surface area contributed by atoms with Gasteiger partial charge in [0.25, 0.3) is 0 Å². The van der Waals surface area contributed by atoms with Gasteiger partial charge in [-0.2, -0.15) is 0 Å². The Morgan fingerprint density at radius 3 is 2.48 bits per heavy atom. The van der Waals surface area contributed by atoms with E-state index in [-0.39, 0.29) is 40.2 Å². The first-order valence-electron chi connectivity index (χ1n) is 9.91. The Morgan fingerprint density at radius 2 is 1.80 bits per heavy atom. The number of aliphatic hydroxyl groups is 1. The molecule has 7 atom stereocenters. The standard InChI is InChI=1S/C21H30O4/c1-12(22)21(25)9-8-19(2)13(11-21)10-16(23)18-14-4-5-17(24)20(14,3)7-6-15(18)19/h13-15,18,25H,4-11H2,1-3H3/t13-,14+,15+,18-,19-,20-,21+/m0/s1. The molecule has 0 aromatic heterocycles. The van der Waals surface area contributed by atoms with Crippen LogP contribution < -0.4 is 0 Å². The van der Waals surface area contributed by atoms with Crippen LogP contribution in [0.25, 0.3) is 0 Å². The molecule has 1 N–H and O–H groups in total. The lowest BCUT2D eigenvalue weighted by molar-refractivity contribution is -0.172. The average Bonchev–Trinajstić information content (AvgIpc) is 2.85. The van der Waals surface area contributed by atoms with Crippen molar-refractivity contribution in [1.29, 1.82) is 0 Å². The third kappa shape index (κ3) is 2.19. The molecule has 0 aromatic rings. The third-order valence-corrected chi connectivity index (χ3v) is 8.90. The number of hydrogen-bond donors (Lipinski definition) is 1. The van der Waals surface area contributed by atoms with E-state index in [1.807, 2.05) is 0 Å². The summed E-state index contributed by atoms with van der Waals surface area (Å²) in [6, 6.07) is 0. The summed E-state index contributed by atoms with van der Waals surface area (Å²) < 4.78 is 0. The minimum absolute atomic E-state index is 0.00717. The van der Waals surface area contributed by atoms with Crippen molar-refractivity contribution in [1.82, 2.24) is 0 Å². The summed E-state index contributed by atoms with van der Waals surface area (Å²) >= 11 is 0. The van der Waals surface area contributed by atoms with E-state index in [4.69, 9.17) is 0 Å². The summed E-state index contributed by atoms with van der Waals surface area (Å²) in [4.78, 5) is 37.5.